The van der Waals surface area contributed by atoms with Crippen LogP contribution in [0.15, 0.2) is 0 Å². The number of nitrogens with one attached hydrogen (secondary N) is 2. The number of rotatable bonds is 4. The summed E-state index contributed by atoms with van der Waals surface area (Å²) in [5.74, 6) is -1.61. The molecular weight excluding hydrogens is 250 g/mol. The van der Waals surface area contributed by atoms with Gasteiger partial charge in [-0.3, -0.25) is 9.59 Å². The molecule has 3 amide bonds. The second kappa shape index (κ2) is 8.34. The molecule has 0 saturated carbocycles. The summed E-state index contributed by atoms with van der Waals surface area (Å²) in [5.41, 5.74) is 0. The van der Waals surface area contributed by atoms with Crippen molar-refractivity contribution in [2.45, 2.75) is 32.1 Å². The van der Waals surface area contributed by atoms with Crippen LogP contribution in [-0.2, 0) is 9.59 Å². The van der Waals surface area contributed by atoms with Gasteiger partial charge in [0.25, 0.3) is 0 Å². The molecule has 0 spiro atoms. The van der Waals surface area contributed by atoms with E-state index >= 15 is 0 Å². The zero-order valence-electron chi connectivity index (χ0n) is 11.0. The first-order valence-corrected chi connectivity index (χ1v) is 6.61. The van der Waals surface area contributed by atoms with E-state index in [4.69, 9.17) is 5.11 Å². The second-order valence-corrected chi connectivity index (χ2v) is 4.58. The molecule has 108 valence electrons. The maximum absolute atomic E-state index is 11.8. The van der Waals surface area contributed by atoms with Crippen molar-refractivity contribution in [3.63, 3.8) is 0 Å². The van der Waals surface area contributed by atoms with Crippen LogP contribution in [0.2, 0.25) is 0 Å². The number of nitrogens with zero attached hydrogens (tertiary/aromatic N) is 1. The molecule has 1 aliphatic heterocycles. The molecule has 0 unspecified atom stereocenters. The van der Waals surface area contributed by atoms with Gasteiger partial charge in [0.05, 0.1) is 6.54 Å². The lowest BCUT2D eigenvalue weighted by molar-refractivity contribution is -0.137. The second-order valence-electron chi connectivity index (χ2n) is 4.58. The van der Waals surface area contributed by atoms with Gasteiger partial charge in [-0.1, -0.05) is 19.3 Å². The van der Waals surface area contributed by atoms with Crippen molar-refractivity contribution >= 4 is 17.9 Å². The first-order valence-electron chi connectivity index (χ1n) is 6.61. The van der Waals surface area contributed by atoms with Gasteiger partial charge in [-0.15, -0.1) is 0 Å². The Morgan fingerprint density at radius 2 is 1.47 bits per heavy atom. The standard InChI is InChI=1S/C12H21N3O4/c16-10(13-9-11(17)18)8-14-12(19)15-6-4-2-1-3-5-7-15/h1-9H2,(H,13,16)(H,14,19)(H,17,18). The van der Waals surface area contributed by atoms with Crippen LogP contribution in [0.3, 0.4) is 0 Å². The average molecular weight is 271 g/mol. The van der Waals surface area contributed by atoms with Crippen LogP contribution >= 0.6 is 0 Å². The molecule has 0 aromatic heterocycles. The quantitative estimate of drug-likeness (QED) is 0.678. The van der Waals surface area contributed by atoms with E-state index in [0.29, 0.717) is 13.1 Å². The van der Waals surface area contributed by atoms with Gasteiger partial charge in [0.15, 0.2) is 0 Å². The number of carboxylic acid groups (broad SMARTS) is 1. The van der Waals surface area contributed by atoms with E-state index in [1.54, 1.807) is 4.90 Å². The van der Waals surface area contributed by atoms with E-state index in [-0.39, 0.29) is 12.6 Å². The van der Waals surface area contributed by atoms with Gasteiger partial charge in [-0.2, -0.15) is 0 Å². The molecule has 1 saturated heterocycles. The van der Waals surface area contributed by atoms with E-state index in [0.717, 1.165) is 25.7 Å². The number of carbonyl (C=O) groups excluding carboxylic acids is 2. The van der Waals surface area contributed by atoms with Crippen molar-refractivity contribution in [1.29, 1.82) is 0 Å². The Morgan fingerprint density at radius 3 is 2.05 bits per heavy atom. The van der Waals surface area contributed by atoms with Gasteiger partial charge in [0.2, 0.25) is 5.91 Å². The minimum atomic E-state index is -1.11. The van der Waals surface area contributed by atoms with Crippen LogP contribution in [-0.4, -0.2) is 54.1 Å². The van der Waals surface area contributed by atoms with Crippen LogP contribution in [0.1, 0.15) is 32.1 Å². The fourth-order valence-electron chi connectivity index (χ4n) is 1.95. The van der Waals surface area contributed by atoms with Crippen LogP contribution in [0, 0.1) is 0 Å². The molecule has 0 bridgehead atoms. The zero-order chi connectivity index (χ0) is 14.1. The predicted molar refractivity (Wildman–Crippen MR) is 68.7 cm³/mol. The summed E-state index contributed by atoms with van der Waals surface area (Å²) in [6, 6.07) is -0.257. The Labute approximate surface area is 112 Å². The van der Waals surface area contributed by atoms with Crippen molar-refractivity contribution < 1.29 is 19.5 Å². The minimum absolute atomic E-state index is 0.192. The lowest BCUT2D eigenvalue weighted by Gasteiger charge is -2.24. The molecule has 7 heteroatoms. The van der Waals surface area contributed by atoms with Gasteiger partial charge in [0, 0.05) is 13.1 Å². The fraction of sp³-hybridized carbons (Fsp3) is 0.750. The molecule has 7 nitrogen and oxygen atoms in total. The number of hydrogen-bond acceptors (Lipinski definition) is 3. The highest BCUT2D eigenvalue weighted by Crippen LogP contribution is 2.10. The molecule has 1 heterocycles. The van der Waals surface area contributed by atoms with Crippen molar-refractivity contribution in [2.75, 3.05) is 26.2 Å². The minimum Gasteiger partial charge on any atom is -0.480 e. The predicted octanol–water partition coefficient (Wildman–Crippen LogP) is 0.163. The SMILES string of the molecule is O=C(O)CNC(=O)CNC(=O)N1CCCCCCC1. The summed E-state index contributed by atoms with van der Waals surface area (Å²) in [6.45, 7) is 0.798. The van der Waals surface area contributed by atoms with Crippen LogP contribution < -0.4 is 10.6 Å². The summed E-state index contributed by atoms with van der Waals surface area (Å²) in [7, 11) is 0. The van der Waals surface area contributed by atoms with Gasteiger partial charge in [-0.25, -0.2) is 4.79 Å². The van der Waals surface area contributed by atoms with E-state index < -0.39 is 18.4 Å². The largest absolute Gasteiger partial charge is 0.480 e. The lowest BCUT2D eigenvalue weighted by atomic mass is 10.1. The third-order valence-electron chi connectivity index (χ3n) is 2.98. The number of likely N-dealkylation sites (tertiary alicyclic amines) is 1. The summed E-state index contributed by atoms with van der Waals surface area (Å²) in [4.78, 5) is 35.0. The summed E-state index contributed by atoms with van der Waals surface area (Å²) in [6.07, 6.45) is 5.44. The highest BCUT2D eigenvalue weighted by atomic mass is 16.4. The molecule has 1 rings (SSSR count). The van der Waals surface area contributed by atoms with Gasteiger partial charge < -0.3 is 20.6 Å². The smallest absolute Gasteiger partial charge is 0.322 e. The van der Waals surface area contributed by atoms with Crippen LogP contribution in [0.5, 0.6) is 0 Å². The highest BCUT2D eigenvalue weighted by molar-refractivity contribution is 5.86. The average Bonchev–Trinajstić information content (AvgIpc) is 2.33. The van der Waals surface area contributed by atoms with E-state index in [9.17, 15) is 14.4 Å². The normalized spacial score (nSPS) is 16.1. The zero-order valence-corrected chi connectivity index (χ0v) is 11.0. The number of aliphatic carboxylic acids is 1. The maximum atomic E-state index is 11.8. The van der Waals surface area contributed by atoms with Crippen molar-refractivity contribution in [3.8, 4) is 0 Å². The third kappa shape index (κ3) is 6.64. The number of urea groups is 1. The van der Waals surface area contributed by atoms with E-state index in [2.05, 4.69) is 10.6 Å². The van der Waals surface area contributed by atoms with E-state index in [1.165, 1.54) is 6.42 Å². The van der Waals surface area contributed by atoms with Crippen molar-refractivity contribution in [2.24, 2.45) is 0 Å². The summed E-state index contributed by atoms with van der Waals surface area (Å²) < 4.78 is 0. The molecule has 1 fully saturated rings. The summed E-state index contributed by atoms with van der Waals surface area (Å²) in [5, 5.41) is 13.1. The molecule has 3 N–H and O–H groups in total. The Balaban J connectivity index is 2.24. The first-order chi connectivity index (χ1) is 9.09. The van der Waals surface area contributed by atoms with Crippen molar-refractivity contribution in [3.05, 3.63) is 0 Å². The maximum Gasteiger partial charge on any atom is 0.322 e. The molecule has 0 aliphatic carbocycles. The molecule has 0 aromatic carbocycles. The van der Waals surface area contributed by atoms with Crippen molar-refractivity contribution in [1.82, 2.24) is 15.5 Å². The Morgan fingerprint density at radius 1 is 0.895 bits per heavy atom. The fourth-order valence-corrected chi connectivity index (χ4v) is 1.95. The number of carbonyl (C=O) groups is 3. The van der Waals surface area contributed by atoms with Gasteiger partial charge in [-0.05, 0) is 12.8 Å². The van der Waals surface area contributed by atoms with Gasteiger partial charge >= 0.3 is 12.0 Å². The van der Waals surface area contributed by atoms with Crippen LogP contribution in [0.4, 0.5) is 4.79 Å². The molecule has 0 aromatic rings. The molecule has 0 atom stereocenters. The molecule has 19 heavy (non-hydrogen) atoms. The summed E-state index contributed by atoms with van der Waals surface area (Å²) >= 11 is 0. The Hall–Kier alpha value is -1.79. The third-order valence-corrected chi connectivity index (χ3v) is 2.98. The van der Waals surface area contributed by atoms with Gasteiger partial charge in [0.1, 0.15) is 6.54 Å². The number of carboxylic acids is 1. The monoisotopic (exact) mass is 271 g/mol. The van der Waals surface area contributed by atoms with Crippen LogP contribution in [0.25, 0.3) is 0 Å². The topological polar surface area (TPSA) is 98.7 Å². The Bertz CT molecular complexity index is 325. The first kappa shape index (κ1) is 15.3. The molecule has 1 aliphatic rings. The lowest BCUT2D eigenvalue weighted by Crippen LogP contribution is -2.46. The van der Waals surface area contributed by atoms with E-state index in [1.807, 2.05) is 0 Å². The Kier molecular flexibility index (Phi) is 6.70. The highest BCUT2D eigenvalue weighted by Gasteiger charge is 2.15. The molecule has 0 radical (unpaired) electrons. The number of hydrogen-bond donors (Lipinski definition) is 3. The molecular formula is C12H21N3O4. The number of amides is 3.